The number of benzene rings is 1. The van der Waals surface area contributed by atoms with Crippen molar-refractivity contribution in [3.63, 3.8) is 0 Å². The third kappa shape index (κ3) is 5.64. The highest BCUT2D eigenvalue weighted by molar-refractivity contribution is 7.92. The summed E-state index contributed by atoms with van der Waals surface area (Å²) in [5.41, 5.74) is 0.271. The molecule has 0 bridgehead atoms. The minimum Gasteiger partial charge on any atom is -0.393 e. The highest BCUT2D eigenvalue weighted by Crippen LogP contribution is 2.65. The molecule has 0 amide bonds. The Balaban J connectivity index is 1.22. The van der Waals surface area contributed by atoms with Gasteiger partial charge < -0.3 is 10.2 Å². The van der Waals surface area contributed by atoms with Crippen LogP contribution in [0, 0.1) is 40.9 Å². The zero-order valence-corrected chi connectivity index (χ0v) is 26.2. The Hall–Kier alpha value is -1.31. The molecule has 4 nitrogen and oxygen atoms in total. The van der Waals surface area contributed by atoms with Gasteiger partial charge in [0.1, 0.15) is 0 Å². The van der Waals surface area contributed by atoms with Crippen molar-refractivity contribution < 1.29 is 27.4 Å². The van der Waals surface area contributed by atoms with Gasteiger partial charge in [0.25, 0.3) is 0 Å². The molecule has 5 aliphatic carbocycles. The van der Waals surface area contributed by atoms with E-state index in [0.717, 1.165) is 38.5 Å². The summed E-state index contributed by atoms with van der Waals surface area (Å²) in [7, 11) is -3.75. The Labute approximate surface area is 251 Å². The summed E-state index contributed by atoms with van der Waals surface area (Å²) in [6.07, 6.45) is 10.4. The fraction of sp³-hybridized carbons (Fsp3) is 0.771. The molecular weight excluding hydrogens is 554 g/mol. The molecule has 9 atom stereocenters. The van der Waals surface area contributed by atoms with Crippen LogP contribution in [0.25, 0.3) is 0 Å². The second-order valence-electron chi connectivity index (χ2n) is 15.2. The molecule has 0 radical (unpaired) electrons. The van der Waals surface area contributed by atoms with E-state index in [1.165, 1.54) is 18.4 Å². The molecule has 1 aromatic carbocycles. The fourth-order valence-corrected chi connectivity index (χ4v) is 12.6. The largest absolute Gasteiger partial charge is 0.393 e. The molecule has 1 aromatic rings. The number of rotatable bonds is 7. The van der Waals surface area contributed by atoms with Crippen molar-refractivity contribution in [1.29, 1.82) is 0 Å². The van der Waals surface area contributed by atoms with Gasteiger partial charge in [-0.3, -0.25) is 0 Å². The standard InChI is InChI=1S/C35H50F2O4S/c1-23(20-27(42(40,41)26-6-4-3-5-7-26)22-34(39)16-18-35(36,37)19-17-34)31-12-13-32-30-10-8-24-21-25(38)9-11-28(24)29(30)14-15-33(31,32)2/h3-8,23,25,27-32,38-39H,9-22H2,1-2H3/t23-,25+,27?,28+,29?,30-,31-,32+,33-/m1/s1. The van der Waals surface area contributed by atoms with E-state index in [4.69, 9.17) is 0 Å². The predicted molar refractivity (Wildman–Crippen MR) is 161 cm³/mol. The van der Waals surface area contributed by atoms with Crippen LogP contribution in [-0.4, -0.2) is 41.5 Å². The van der Waals surface area contributed by atoms with E-state index >= 15 is 0 Å². The molecular formula is C35H50F2O4S. The molecule has 2 unspecified atom stereocenters. The molecule has 0 spiro atoms. The number of sulfone groups is 1. The lowest BCUT2D eigenvalue weighted by atomic mass is 9.51. The Morgan fingerprint density at radius 3 is 2.38 bits per heavy atom. The molecule has 234 valence electrons. The Bertz CT molecular complexity index is 1250. The average molecular weight is 605 g/mol. The van der Waals surface area contributed by atoms with E-state index in [1.54, 1.807) is 30.3 Å². The van der Waals surface area contributed by atoms with Gasteiger partial charge in [0.05, 0.1) is 21.9 Å². The van der Waals surface area contributed by atoms with Crippen LogP contribution in [0.2, 0.25) is 0 Å². The topological polar surface area (TPSA) is 74.6 Å². The first-order valence-corrected chi connectivity index (χ1v) is 18.1. The van der Waals surface area contributed by atoms with Crippen molar-refractivity contribution in [3.8, 4) is 0 Å². The van der Waals surface area contributed by atoms with Gasteiger partial charge in [0.15, 0.2) is 9.84 Å². The van der Waals surface area contributed by atoms with E-state index in [2.05, 4.69) is 19.9 Å². The van der Waals surface area contributed by atoms with Gasteiger partial charge in [-0.15, -0.1) is 0 Å². The Kier molecular flexibility index (Phi) is 8.22. The van der Waals surface area contributed by atoms with E-state index in [-0.39, 0.29) is 41.6 Å². The zero-order valence-electron chi connectivity index (χ0n) is 25.4. The zero-order chi connectivity index (χ0) is 29.9. The van der Waals surface area contributed by atoms with Crippen LogP contribution in [0.4, 0.5) is 8.78 Å². The van der Waals surface area contributed by atoms with Crippen molar-refractivity contribution >= 4 is 9.84 Å². The molecule has 6 rings (SSSR count). The normalized spacial score (nSPS) is 38.9. The molecule has 2 N–H and O–H groups in total. The number of halogens is 2. The quantitative estimate of drug-likeness (QED) is 0.312. The molecule has 5 aliphatic rings. The van der Waals surface area contributed by atoms with Gasteiger partial charge in [0, 0.05) is 12.8 Å². The second-order valence-corrected chi connectivity index (χ2v) is 17.4. The Morgan fingerprint density at radius 2 is 1.67 bits per heavy atom. The molecule has 42 heavy (non-hydrogen) atoms. The third-order valence-electron chi connectivity index (χ3n) is 12.8. The lowest BCUT2D eigenvalue weighted by Gasteiger charge is -2.54. The van der Waals surface area contributed by atoms with Crippen LogP contribution in [0.1, 0.15) is 104 Å². The smallest absolute Gasteiger partial charge is 0.248 e. The number of aliphatic hydroxyl groups is 2. The van der Waals surface area contributed by atoms with Crippen LogP contribution in [0.15, 0.2) is 46.9 Å². The number of fused-ring (bicyclic) bond motifs is 5. The maximum atomic E-state index is 14.0. The Morgan fingerprint density at radius 1 is 0.952 bits per heavy atom. The van der Waals surface area contributed by atoms with E-state index < -0.39 is 39.5 Å². The molecule has 7 heteroatoms. The molecule has 4 saturated carbocycles. The average Bonchev–Trinajstić information content (AvgIpc) is 3.32. The minimum absolute atomic E-state index is 0.0172. The van der Waals surface area contributed by atoms with Crippen LogP contribution in [-0.2, 0) is 9.84 Å². The monoisotopic (exact) mass is 604 g/mol. The van der Waals surface area contributed by atoms with Crippen molar-refractivity contribution in [2.24, 2.45) is 40.9 Å². The summed E-state index contributed by atoms with van der Waals surface area (Å²) in [5.74, 6) is 0.382. The molecule has 0 heterocycles. The van der Waals surface area contributed by atoms with Crippen molar-refractivity contribution in [3.05, 3.63) is 42.0 Å². The fourth-order valence-electron chi connectivity index (χ4n) is 10.6. The van der Waals surface area contributed by atoms with Crippen LogP contribution < -0.4 is 0 Å². The highest BCUT2D eigenvalue weighted by Gasteiger charge is 2.57. The third-order valence-corrected chi connectivity index (χ3v) is 15.0. The molecule has 0 aromatic heterocycles. The van der Waals surface area contributed by atoms with Crippen LogP contribution in [0.5, 0.6) is 0 Å². The summed E-state index contributed by atoms with van der Waals surface area (Å²) in [5, 5.41) is 20.9. The first kappa shape index (κ1) is 30.7. The molecule has 4 fully saturated rings. The van der Waals surface area contributed by atoms with Gasteiger partial charge in [-0.05, 0) is 130 Å². The van der Waals surface area contributed by atoms with Gasteiger partial charge in [-0.1, -0.05) is 43.7 Å². The number of allylic oxidation sites excluding steroid dienone is 1. The number of hydrogen-bond donors (Lipinski definition) is 2. The van der Waals surface area contributed by atoms with E-state index in [9.17, 15) is 27.4 Å². The first-order valence-electron chi connectivity index (χ1n) is 16.6. The summed E-state index contributed by atoms with van der Waals surface area (Å²) in [6.45, 7) is 4.67. The first-order chi connectivity index (χ1) is 19.8. The number of alkyl halides is 2. The molecule has 0 saturated heterocycles. The molecule has 0 aliphatic heterocycles. The summed E-state index contributed by atoms with van der Waals surface area (Å²) < 4.78 is 56.1. The second kappa shape index (κ2) is 11.2. The highest BCUT2D eigenvalue weighted by atomic mass is 32.2. The number of aliphatic hydroxyl groups excluding tert-OH is 1. The maximum Gasteiger partial charge on any atom is 0.248 e. The van der Waals surface area contributed by atoms with Gasteiger partial charge >= 0.3 is 0 Å². The SMILES string of the molecule is C[C@H](CC(CC1(O)CCC(F)(F)CC1)S(=O)(=O)c1ccccc1)[C@H]1CC[C@H]2[C@@H]3CC=C4C[C@@H](O)CC[C@@H]4C3CC[C@]12C. The van der Waals surface area contributed by atoms with Crippen LogP contribution in [0.3, 0.4) is 0 Å². The lowest BCUT2D eigenvalue weighted by molar-refractivity contribution is -0.107. The van der Waals surface area contributed by atoms with Crippen molar-refractivity contribution in [1.82, 2.24) is 0 Å². The van der Waals surface area contributed by atoms with Crippen LogP contribution >= 0.6 is 0 Å². The van der Waals surface area contributed by atoms with Gasteiger partial charge in [-0.2, -0.15) is 0 Å². The van der Waals surface area contributed by atoms with E-state index in [0.29, 0.717) is 36.0 Å². The van der Waals surface area contributed by atoms with E-state index in [1.807, 2.05) is 0 Å². The summed E-state index contributed by atoms with van der Waals surface area (Å²) in [4.78, 5) is 0.255. The van der Waals surface area contributed by atoms with Crippen molar-refractivity contribution in [2.45, 2.75) is 132 Å². The lowest BCUT2D eigenvalue weighted by Crippen LogP contribution is -2.47. The van der Waals surface area contributed by atoms with Gasteiger partial charge in [0.2, 0.25) is 5.92 Å². The van der Waals surface area contributed by atoms with Crippen molar-refractivity contribution in [2.75, 3.05) is 0 Å². The minimum atomic E-state index is -3.75. The van der Waals surface area contributed by atoms with Gasteiger partial charge in [-0.25, -0.2) is 17.2 Å². The summed E-state index contributed by atoms with van der Waals surface area (Å²) in [6, 6.07) is 8.48. The number of hydrogen-bond acceptors (Lipinski definition) is 4. The predicted octanol–water partition coefficient (Wildman–Crippen LogP) is 7.74. The summed E-state index contributed by atoms with van der Waals surface area (Å²) >= 11 is 0. The maximum absolute atomic E-state index is 14.0.